The lowest BCUT2D eigenvalue weighted by molar-refractivity contribution is -0.115. The minimum Gasteiger partial charge on any atom is -0.294 e. The fourth-order valence-electron chi connectivity index (χ4n) is 0.669. The molecule has 0 radical (unpaired) electrons. The van der Waals surface area contributed by atoms with Crippen LogP contribution in [0.4, 0.5) is 0 Å². The highest BCUT2D eigenvalue weighted by atomic mass is 32.2. The van der Waals surface area contributed by atoms with Crippen molar-refractivity contribution in [1.82, 2.24) is 0 Å². The zero-order valence-corrected chi connectivity index (χ0v) is 6.15. The van der Waals surface area contributed by atoms with Crippen LogP contribution in [-0.4, -0.2) is 5.78 Å². The predicted octanol–water partition coefficient (Wildman–Crippen LogP) is 2.02. The first-order chi connectivity index (χ1) is 4.29. The van der Waals surface area contributed by atoms with Crippen LogP contribution in [0.5, 0.6) is 0 Å². The lowest BCUT2D eigenvalue weighted by Gasteiger charge is -1.78. The van der Waals surface area contributed by atoms with Crippen LogP contribution in [0.3, 0.4) is 0 Å². The van der Waals surface area contributed by atoms with Crippen LogP contribution in [0.15, 0.2) is 22.9 Å². The zero-order chi connectivity index (χ0) is 6.69. The van der Waals surface area contributed by atoms with Gasteiger partial charge in [0.25, 0.3) is 0 Å². The second-order valence-corrected chi connectivity index (χ2v) is 3.74. The fourth-order valence-corrected chi connectivity index (χ4v) is 2.01. The predicted molar refractivity (Wildman–Crippen MR) is 39.6 cm³/mol. The summed E-state index contributed by atoms with van der Waals surface area (Å²) in [4.78, 5) is 10.5. The molecule has 0 amide bonds. The summed E-state index contributed by atoms with van der Waals surface area (Å²) in [5.74, 6) is 0.960. The first-order valence-corrected chi connectivity index (χ1v) is 4.34. The molecular weight excluding hydrogens is 132 g/mol. The van der Waals surface area contributed by atoms with Gasteiger partial charge in [-0.05, 0) is 29.5 Å². The Bertz CT molecular complexity index is 189. The molecule has 0 N–H and O–H groups in total. The average Bonchev–Trinajstić information content (AvgIpc) is 2.15. The molecule has 1 aromatic rings. The molecule has 2 heteroatoms. The van der Waals surface area contributed by atoms with E-state index in [2.05, 4.69) is 10.8 Å². The van der Waals surface area contributed by atoms with Crippen LogP contribution >= 0.6 is 10.5 Å². The van der Waals surface area contributed by atoms with Gasteiger partial charge in [-0.3, -0.25) is 4.79 Å². The van der Waals surface area contributed by atoms with Crippen molar-refractivity contribution in [2.75, 3.05) is 0 Å². The van der Waals surface area contributed by atoms with E-state index in [1.165, 1.54) is 0 Å². The minimum atomic E-state index is 0.132. The van der Waals surface area contributed by atoms with Crippen LogP contribution in [0.1, 0.15) is 6.92 Å². The highest BCUT2D eigenvalue weighted by molar-refractivity contribution is 7.28. The quantitative estimate of drug-likeness (QED) is 0.576. The first-order valence-electron chi connectivity index (χ1n) is 2.82. The molecular formula is C7H9OS+. The fraction of sp³-hybridized carbons (Fsp3) is 0.286. The van der Waals surface area contributed by atoms with E-state index in [0.29, 0.717) is 5.75 Å². The Balaban J connectivity index is 2.58. The van der Waals surface area contributed by atoms with E-state index in [4.69, 9.17) is 0 Å². The molecule has 0 aliphatic rings. The zero-order valence-electron chi connectivity index (χ0n) is 5.33. The molecule has 9 heavy (non-hydrogen) atoms. The normalized spacial score (nSPS) is 9.44. The molecule has 48 valence electrons. The molecule has 1 aromatic heterocycles. The third-order valence-electron chi connectivity index (χ3n) is 0.988. The summed E-state index contributed by atoms with van der Waals surface area (Å²) in [6, 6.07) is 3.98. The van der Waals surface area contributed by atoms with Crippen LogP contribution in [0.25, 0.3) is 0 Å². The average molecular weight is 141 g/mol. The van der Waals surface area contributed by atoms with E-state index >= 15 is 0 Å². The number of thiophene rings is 1. The lowest BCUT2D eigenvalue weighted by Crippen LogP contribution is -1.87. The summed E-state index contributed by atoms with van der Waals surface area (Å²) in [5, 5.41) is 4.14. The standard InChI is InChI=1S/C7H9OS/c1-7(8)6-9-4-2-3-5-9/h2-5H,6H2,1H3/q+1. The lowest BCUT2D eigenvalue weighted by atomic mass is 10.5. The van der Waals surface area contributed by atoms with Gasteiger partial charge in [0.2, 0.25) is 0 Å². The largest absolute Gasteiger partial charge is 0.294 e. The molecule has 1 heterocycles. The first kappa shape index (κ1) is 6.49. The Morgan fingerprint density at radius 1 is 1.44 bits per heavy atom. The van der Waals surface area contributed by atoms with E-state index in [9.17, 15) is 4.79 Å². The number of carbonyl (C=O) groups is 1. The van der Waals surface area contributed by atoms with Gasteiger partial charge < -0.3 is 0 Å². The van der Waals surface area contributed by atoms with Gasteiger partial charge in [0.1, 0.15) is 10.8 Å². The Labute approximate surface area is 57.3 Å². The Kier molecular flexibility index (Phi) is 2.01. The molecule has 1 rings (SSSR count). The third kappa shape index (κ3) is 1.98. The van der Waals surface area contributed by atoms with E-state index < -0.39 is 0 Å². The second kappa shape index (κ2) is 2.78. The molecule has 0 atom stereocenters. The van der Waals surface area contributed by atoms with E-state index in [1.54, 1.807) is 6.92 Å². The van der Waals surface area contributed by atoms with Gasteiger partial charge in [0.05, 0.1) is 0 Å². The minimum absolute atomic E-state index is 0.132. The molecule has 0 bridgehead atoms. The van der Waals surface area contributed by atoms with Gasteiger partial charge in [-0.15, -0.1) is 0 Å². The topological polar surface area (TPSA) is 17.1 Å². The summed E-state index contributed by atoms with van der Waals surface area (Å²) in [6.45, 7) is 1.63. The summed E-state index contributed by atoms with van der Waals surface area (Å²) in [6.07, 6.45) is 0. The monoisotopic (exact) mass is 141 g/mol. The summed E-state index contributed by atoms with van der Waals surface area (Å²) >= 11 is 0. The Morgan fingerprint density at radius 2 is 2.00 bits per heavy atom. The number of Topliss-reactive ketones (excluding diaryl/α,β-unsaturated/α-hetero) is 1. The molecule has 0 saturated heterocycles. The number of rotatable bonds is 2. The smallest absolute Gasteiger partial charge is 0.185 e. The SMILES string of the molecule is CC(=O)C[s+]1cccc1. The van der Waals surface area contributed by atoms with Crippen molar-refractivity contribution in [2.45, 2.75) is 12.7 Å². The maximum absolute atomic E-state index is 10.5. The van der Waals surface area contributed by atoms with E-state index in [-0.39, 0.29) is 16.3 Å². The van der Waals surface area contributed by atoms with Gasteiger partial charge in [-0.1, -0.05) is 0 Å². The van der Waals surface area contributed by atoms with Crippen molar-refractivity contribution in [3.8, 4) is 0 Å². The highest BCUT2D eigenvalue weighted by Gasteiger charge is 2.03. The molecule has 0 fully saturated rings. The van der Waals surface area contributed by atoms with Crippen molar-refractivity contribution in [1.29, 1.82) is 0 Å². The van der Waals surface area contributed by atoms with E-state index in [1.807, 2.05) is 12.1 Å². The molecule has 0 unspecified atom stereocenters. The third-order valence-corrected chi connectivity index (χ3v) is 2.74. The van der Waals surface area contributed by atoms with Crippen molar-refractivity contribution < 1.29 is 4.79 Å². The van der Waals surface area contributed by atoms with Crippen molar-refractivity contribution in [2.24, 2.45) is 0 Å². The maximum atomic E-state index is 10.5. The molecule has 0 aliphatic carbocycles. The van der Waals surface area contributed by atoms with Crippen LogP contribution in [0, 0.1) is 0 Å². The molecule has 1 nitrogen and oxygen atoms in total. The summed E-state index contributed by atoms with van der Waals surface area (Å²) < 4.78 is 0. The molecule has 0 spiro atoms. The molecule has 0 aromatic carbocycles. The van der Waals surface area contributed by atoms with Gasteiger partial charge in [0.15, 0.2) is 11.5 Å². The maximum Gasteiger partial charge on any atom is 0.185 e. The summed E-state index contributed by atoms with van der Waals surface area (Å²) in [7, 11) is 0.132. The van der Waals surface area contributed by atoms with Gasteiger partial charge in [-0.25, -0.2) is 0 Å². The van der Waals surface area contributed by atoms with Crippen molar-refractivity contribution >= 4 is 16.3 Å². The molecule has 0 saturated carbocycles. The number of carbonyl (C=O) groups excluding carboxylic acids is 1. The van der Waals surface area contributed by atoms with Gasteiger partial charge in [-0.2, -0.15) is 0 Å². The van der Waals surface area contributed by atoms with E-state index in [0.717, 1.165) is 0 Å². The van der Waals surface area contributed by atoms with Crippen molar-refractivity contribution in [3.63, 3.8) is 0 Å². The Hall–Kier alpha value is -0.630. The van der Waals surface area contributed by atoms with Gasteiger partial charge in [0, 0.05) is 0 Å². The summed E-state index contributed by atoms with van der Waals surface area (Å²) in [5.41, 5.74) is 0. The van der Waals surface area contributed by atoms with Crippen molar-refractivity contribution in [3.05, 3.63) is 22.9 Å². The van der Waals surface area contributed by atoms with Crippen LogP contribution in [-0.2, 0) is 10.5 Å². The van der Waals surface area contributed by atoms with Gasteiger partial charge >= 0.3 is 0 Å². The van der Waals surface area contributed by atoms with Crippen LogP contribution < -0.4 is 0 Å². The molecule has 0 aliphatic heterocycles. The number of hydrogen-bond acceptors (Lipinski definition) is 1. The Morgan fingerprint density at radius 3 is 2.44 bits per heavy atom. The van der Waals surface area contributed by atoms with Crippen LogP contribution in [0.2, 0.25) is 0 Å². The highest BCUT2D eigenvalue weighted by Crippen LogP contribution is 2.16. The number of ketones is 1. The number of hydrogen-bond donors (Lipinski definition) is 0. The second-order valence-electron chi connectivity index (χ2n) is 1.97.